The molecule has 4 aliphatic rings. The van der Waals surface area contributed by atoms with E-state index in [2.05, 4.69) is 170 Å². The van der Waals surface area contributed by atoms with Crippen LogP contribution in [0.4, 0.5) is 0 Å². The Morgan fingerprint density at radius 2 is 0.803 bits per heavy atom. The van der Waals surface area contributed by atoms with E-state index in [4.69, 9.17) is 23.8 Å². The highest BCUT2D eigenvalue weighted by Crippen LogP contribution is 2.61. The Kier molecular flexibility index (Phi) is 8.40. The fourth-order valence-electron chi connectivity index (χ4n) is 12.6. The van der Waals surface area contributed by atoms with Crippen LogP contribution in [-0.4, -0.2) is 15.0 Å². The Bertz CT molecular complexity index is 3640. The molecule has 4 saturated carbocycles. The van der Waals surface area contributed by atoms with Gasteiger partial charge in [-0.05, 0) is 149 Å². The first-order chi connectivity index (χ1) is 32.6. The van der Waals surface area contributed by atoms with E-state index in [0.29, 0.717) is 17.5 Å². The summed E-state index contributed by atoms with van der Waals surface area (Å²) >= 11 is 0. The minimum Gasteiger partial charge on any atom is -0.455 e. The topological polar surface area (TPSA) is 65.0 Å². The van der Waals surface area contributed by atoms with Crippen molar-refractivity contribution < 1.29 is 8.83 Å². The van der Waals surface area contributed by atoms with E-state index in [9.17, 15) is 0 Å². The molecule has 4 bridgehead atoms. The number of furan rings is 2. The van der Waals surface area contributed by atoms with E-state index in [-0.39, 0.29) is 5.41 Å². The lowest BCUT2D eigenvalue weighted by atomic mass is 9.48. The molecule has 5 heteroatoms. The van der Waals surface area contributed by atoms with Crippen molar-refractivity contribution in [3.8, 4) is 67.5 Å². The second-order valence-electron chi connectivity index (χ2n) is 19.4. The fourth-order valence-corrected chi connectivity index (χ4v) is 12.6. The maximum Gasteiger partial charge on any atom is 0.167 e. The summed E-state index contributed by atoms with van der Waals surface area (Å²) in [6.45, 7) is 0. The molecule has 3 aromatic heterocycles. The van der Waals surface area contributed by atoms with Crippen LogP contribution < -0.4 is 0 Å². The molecule has 0 radical (unpaired) electrons. The van der Waals surface area contributed by atoms with Crippen molar-refractivity contribution in [3.05, 3.63) is 188 Å². The largest absolute Gasteiger partial charge is 0.455 e. The Balaban J connectivity index is 0.962. The average Bonchev–Trinajstić information content (AvgIpc) is 3.95. The van der Waals surface area contributed by atoms with Gasteiger partial charge in [-0.1, -0.05) is 133 Å². The SMILES string of the molecule is c1ccc(-c2ccc(-c3cc(-c4ccccc4)cc(-c4nc(-c5cccc6c5oc5ccccc56)nc(-c5cccc6c5oc5ccc(C78CC9CC(CC(C9)C7)C8)cc56)n4)c3)cc2)cc1. The third-order valence-corrected chi connectivity index (χ3v) is 15.3. The van der Waals surface area contributed by atoms with E-state index in [1.54, 1.807) is 0 Å². The number of hydrogen-bond acceptors (Lipinski definition) is 5. The average molecular weight is 852 g/mol. The molecule has 3 heterocycles. The molecule has 15 rings (SSSR count). The molecule has 0 atom stereocenters. The molecule has 0 amide bonds. The summed E-state index contributed by atoms with van der Waals surface area (Å²) in [7, 11) is 0. The number of rotatable bonds is 7. The number of fused-ring (bicyclic) bond motifs is 6. The van der Waals surface area contributed by atoms with Crippen LogP contribution >= 0.6 is 0 Å². The maximum absolute atomic E-state index is 6.89. The highest BCUT2D eigenvalue weighted by Gasteiger charge is 2.51. The van der Waals surface area contributed by atoms with E-state index in [1.807, 2.05) is 12.1 Å². The normalized spacial score (nSPS) is 20.0. The second kappa shape index (κ2) is 14.7. The molecule has 4 fully saturated rings. The fraction of sp³-hybridized carbons (Fsp3) is 0.164. The summed E-state index contributed by atoms with van der Waals surface area (Å²) in [5.74, 6) is 4.29. The van der Waals surface area contributed by atoms with E-state index >= 15 is 0 Å². The van der Waals surface area contributed by atoms with Crippen LogP contribution in [0.2, 0.25) is 0 Å². The quantitative estimate of drug-likeness (QED) is 0.160. The molecular formula is C61H45N3O2. The molecule has 8 aromatic carbocycles. The highest BCUT2D eigenvalue weighted by molar-refractivity contribution is 6.10. The summed E-state index contributed by atoms with van der Waals surface area (Å²) in [6, 6.07) is 64.5. The predicted octanol–water partition coefficient (Wildman–Crippen LogP) is 16.1. The van der Waals surface area contributed by atoms with Gasteiger partial charge in [-0.2, -0.15) is 0 Å². The van der Waals surface area contributed by atoms with Crippen LogP contribution in [0.1, 0.15) is 44.1 Å². The van der Waals surface area contributed by atoms with Gasteiger partial charge in [-0.25, -0.2) is 15.0 Å². The standard InChI is InChI=1S/C61H45N3O2/c1-3-11-40(12-4-1)42-21-23-43(24-22-42)45-30-44(41-13-5-2-6-14-41)31-46(32-45)58-62-59(51-18-9-16-49-48-15-7-8-20-54(48)65-56(49)51)64-60(63-58)52-19-10-17-50-53-33-47(25-26-55(53)66-57(50)52)61-34-37-27-38(35-61)29-39(28-37)36-61/h1-26,30-33,37-39H,27-29,34-36H2. The summed E-state index contributed by atoms with van der Waals surface area (Å²) in [6.07, 6.45) is 8.27. The third-order valence-electron chi connectivity index (χ3n) is 15.3. The monoisotopic (exact) mass is 851 g/mol. The lowest BCUT2D eigenvalue weighted by Crippen LogP contribution is -2.48. The number of aromatic nitrogens is 3. The summed E-state index contributed by atoms with van der Waals surface area (Å²) in [5.41, 5.74) is 14.3. The summed E-state index contributed by atoms with van der Waals surface area (Å²) in [4.78, 5) is 16.1. The molecule has 0 spiro atoms. The summed E-state index contributed by atoms with van der Waals surface area (Å²) in [5, 5.41) is 4.33. The van der Waals surface area contributed by atoms with Crippen molar-refractivity contribution in [2.75, 3.05) is 0 Å². The minimum atomic E-state index is 0.289. The van der Waals surface area contributed by atoms with Crippen LogP contribution in [0.5, 0.6) is 0 Å². The first-order valence-corrected chi connectivity index (χ1v) is 23.6. The van der Waals surface area contributed by atoms with Gasteiger partial charge in [0.25, 0.3) is 0 Å². The van der Waals surface area contributed by atoms with Crippen LogP contribution in [0, 0.1) is 17.8 Å². The lowest BCUT2D eigenvalue weighted by Gasteiger charge is -2.57. The second-order valence-corrected chi connectivity index (χ2v) is 19.4. The van der Waals surface area contributed by atoms with Gasteiger partial charge in [0.2, 0.25) is 0 Å². The molecule has 316 valence electrons. The predicted molar refractivity (Wildman–Crippen MR) is 267 cm³/mol. The molecule has 0 N–H and O–H groups in total. The highest BCUT2D eigenvalue weighted by atomic mass is 16.3. The van der Waals surface area contributed by atoms with Crippen molar-refractivity contribution >= 4 is 43.9 Å². The van der Waals surface area contributed by atoms with Gasteiger partial charge in [-0.15, -0.1) is 0 Å². The smallest absolute Gasteiger partial charge is 0.167 e. The Labute approximate surface area is 382 Å². The summed E-state index contributed by atoms with van der Waals surface area (Å²) < 4.78 is 13.5. The van der Waals surface area contributed by atoms with Gasteiger partial charge >= 0.3 is 0 Å². The molecular weight excluding hydrogens is 807 g/mol. The minimum absolute atomic E-state index is 0.289. The van der Waals surface area contributed by atoms with Gasteiger partial charge in [0.05, 0.1) is 11.1 Å². The molecule has 5 nitrogen and oxygen atoms in total. The maximum atomic E-state index is 6.89. The van der Waals surface area contributed by atoms with Gasteiger partial charge in [0.15, 0.2) is 17.5 Å². The Morgan fingerprint density at radius 3 is 1.41 bits per heavy atom. The van der Waals surface area contributed by atoms with Crippen molar-refractivity contribution in [2.45, 2.75) is 43.9 Å². The molecule has 4 aliphatic carbocycles. The van der Waals surface area contributed by atoms with Crippen LogP contribution in [0.15, 0.2) is 191 Å². The van der Waals surface area contributed by atoms with Gasteiger partial charge < -0.3 is 8.83 Å². The number of nitrogens with zero attached hydrogens (tertiary/aromatic N) is 3. The van der Waals surface area contributed by atoms with Crippen LogP contribution in [0.25, 0.3) is 111 Å². The van der Waals surface area contributed by atoms with Crippen molar-refractivity contribution in [2.24, 2.45) is 17.8 Å². The van der Waals surface area contributed by atoms with Crippen LogP contribution in [0.3, 0.4) is 0 Å². The number of hydrogen-bond donors (Lipinski definition) is 0. The first kappa shape index (κ1) is 37.7. The molecule has 0 unspecified atom stereocenters. The zero-order valence-electron chi connectivity index (χ0n) is 36.5. The van der Waals surface area contributed by atoms with Gasteiger partial charge in [-0.3, -0.25) is 0 Å². The molecule has 66 heavy (non-hydrogen) atoms. The van der Waals surface area contributed by atoms with Crippen LogP contribution in [-0.2, 0) is 5.41 Å². The Morgan fingerprint density at radius 1 is 0.348 bits per heavy atom. The van der Waals surface area contributed by atoms with Gasteiger partial charge in [0.1, 0.15) is 22.3 Å². The third kappa shape index (κ3) is 6.17. The van der Waals surface area contributed by atoms with E-state index < -0.39 is 0 Å². The molecule has 11 aromatic rings. The zero-order valence-corrected chi connectivity index (χ0v) is 36.5. The van der Waals surface area contributed by atoms with Crippen molar-refractivity contribution in [1.82, 2.24) is 15.0 Å². The van der Waals surface area contributed by atoms with Crippen molar-refractivity contribution in [3.63, 3.8) is 0 Å². The number of para-hydroxylation sites is 3. The van der Waals surface area contributed by atoms with Gasteiger partial charge in [0, 0.05) is 27.1 Å². The van der Waals surface area contributed by atoms with E-state index in [1.165, 1.54) is 60.6 Å². The lowest BCUT2D eigenvalue weighted by molar-refractivity contribution is -0.00513. The Hall–Kier alpha value is -7.63. The first-order valence-electron chi connectivity index (χ1n) is 23.6. The molecule has 0 aliphatic heterocycles. The van der Waals surface area contributed by atoms with E-state index in [0.717, 1.165) is 95.2 Å². The van der Waals surface area contributed by atoms with Crippen molar-refractivity contribution in [1.29, 1.82) is 0 Å². The molecule has 0 saturated heterocycles. The zero-order chi connectivity index (χ0) is 43.3. The number of benzene rings is 8.